The summed E-state index contributed by atoms with van der Waals surface area (Å²) in [6, 6.07) is 7.75. The molecule has 1 heterocycles. The number of aromatic nitrogens is 2. The van der Waals surface area contributed by atoms with E-state index >= 15 is 0 Å². The second kappa shape index (κ2) is 8.40. The van der Waals surface area contributed by atoms with Gasteiger partial charge in [-0.3, -0.25) is 0 Å². The lowest BCUT2D eigenvalue weighted by atomic mass is 10.2. The second-order valence-corrected chi connectivity index (χ2v) is 7.07. The predicted molar refractivity (Wildman–Crippen MR) is 98.9 cm³/mol. The number of benzene rings is 1. The Kier molecular flexibility index (Phi) is 6.22. The van der Waals surface area contributed by atoms with Crippen molar-refractivity contribution in [2.45, 2.75) is 38.8 Å². The molecule has 9 heteroatoms. The fourth-order valence-electron chi connectivity index (χ4n) is 2.53. The summed E-state index contributed by atoms with van der Waals surface area (Å²) >= 11 is 0. The number of carbonyl (C=O) groups excluding carboxylic acids is 2. The van der Waals surface area contributed by atoms with Crippen LogP contribution in [-0.2, 0) is 27.7 Å². The molecule has 1 aromatic heterocycles. The Morgan fingerprint density at radius 1 is 1.32 bits per heavy atom. The minimum atomic E-state index is -1.09. The first-order valence-corrected chi connectivity index (χ1v) is 8.53. The van der Waals surface area contributed by atoms with E-state index in [2.05, 4.69) is 16.4 Å². The summed E-state index contributed by atoms with van der Waals surface area (Å²) in [6.45, 7) is 4.68. The lowest BCUT2D eigenvalue weighted by Crippen LogP contribution is -2.45. The van der Waals surface area contributed by atoms with Crippen molar-refractivity contribution in [2.75, 3.05) is 6.61 Å². The second-order valence-electron chi connectivity index (χ2n) is 7.07. The van der Waals surface area contributed by atoms with Gasteiger partial charge in [-0.1, -0.05) is 0 Å². The highest BCUT2D eigenvalue weighted by Gasteiger charge is 2.27. The molecule has 0 saturated carbocycles. The summed E-state index contributed by atoms with van der Waals surface area (Å²) < 4.78 is 11.8. The van der Waals surface area contributed by atoms with Gasteiger partial charge in [-0.15, -0.1) is 0 Å². The number of carbonyl (C=O) groups is 2. The van der Waals surface area contributed by atoms with Gasteiger partial charge in [-0.25, -0.2) is 14.6 Å². The number of nitrogens with one attached hydrogen (secondary N) is 1. The SMILES string of the molecule is Cn1c(CC(NC(=O)OC(C)(C)C)C(=O)OCC#N)nc2cc(C#N)ccc21. The minimum Gasteiger partial charge on any atom is -0.449 e. The molecule has 2 aromatic rings. The average molecular weight is 383 g/mol. The Morgan fingerprint density at radius 3 is 2.64 bits per heavy atom. The molecule has 0 radical (unpaired) electrons. The molecular formula is C19H21N5O4. The molecule has 0 aliphatic rings. The number of nitriles is 2. The van der Waals surface area contributed by atoms with Gasteiger partial charge < -0.3 is 19.4 Å². The maximum absolute atomic E-state index is 12.3. The van der Waals surface area contributed by atoms with Crippen molar-refractivity contribution in [2.24, 2.45) is 7.05 Å². The molecule has 1 aromatic carbocycles. The van der Waals surface area contributed by atoms with E-state index in [9.17, 15) is 9.59 Å². The maximum atomic E-state index is 12.3. The summed E-state index contributed by atoms with van der Waals surface area (Å²) in [5.74, 6) is -0.266. The van der Waals surface area contributed by atoms with Gasteiger partial charge in [0.1, 0.15) is 23.5 Å². The number of ether oxygens (including phenoxy) is 2. The van der Waals surface area contributed by atoms with Gasteiger partial charge in [0, 0.05) is 13.5 Å². The Labute approximate surface area is 162 Å². The normalized spacial score (nSPS) is 11.9. The quantitative estimate of drug-likeness (QED) is 0.781. The van der Waals surface area contributed by atoms with Crippen LogP contribution in [0.25, 0.3) is 11.0 Å². The van der Waals surface area contributed by atoms with Crippen LogP contribution in [0.1, 0.15) is 32.2 Å². The smallest absolute Gasteiger partial charge is 0.408 e. The van der Waals surface area contributed by atoms with E-state index in [0.29, 0.717) is 16.9 Å². The molecule has 2 rings (SSSR count). The van der Waals surface area contributed by atoms with Crippen LogP contribution in [0, 0.1) is 22.7 Å². The first-order chi connectivity index (χ1) is 13.1. The lowest BCUT2D eigenvalue weighted by Gasteiger charge is -2.22. The van der Waals surface area contributed by atoms with Crippen LogP contribution in [0.4, 0.5) is 4.79 Å². The molecule has 9 nitrogen and oxygen atoms in total. The number of nitrogens with zero attached hydrogens (tertiary/aromatic N) is 4. The Balaban J connectivity index is 2.28. The highest BCUT2D eigenvalue weighted by molar-refractivity contribution is 5.82. The molecule has 0 aliphatic heterocycles. The van der Waals surface area contributed by atoms with Crippen LogP contribution >= 0.6 is 0 Å². The number of imidazole rings is 1. The monoisotopic (exact) mass is 383 g/mol. The fraction of sp³-hybridized carbons (Fsp3) is 0.421. The number of alkyl carbamates (subject to hydrolysis) is 1. The molecule has 0 bridgehead atoms. The van der Waals surface area contributed by atoms with Crippen molar-refractivity contribution >= 4 is 23.1 Å². The molecule has 1 amide bonds. The molecular weight excluding hydrogens is 362 g/mol. The Morgan fingerprint density at radius 2 is 2.04 bits per heavy atom. The first kappa shape index (κ1) is 20.7. The minimum absolute atomic E-state index is 0.0244. The van der Waals surface area contributed by atoms with Crippen molar-refractivity contribution in [3.63, 3.8) is 0 Å². The topological polar surface area (TPSA) is 130 Å². The van der Waals surface area contributed by atoms with Gasteiger partial charge in [-0.05, 0) is 39.0 Å². The molecule has 0 saturated heterocycles. The molecule has 1 unspecified atom stereocenters. The lowest BCUT2D eigenvalue weighted by molar-refractivity contribution is -0.144. The summed E-state index contributed by atoms with van der Waals surface area (Å²) in [7, 11) is 1.77. The number of esters is 1. The Bertz CT molecular complexity index is 975. The summed E-state index contributed by atoms with van der Waals surface area (Å²) in [5.41, 5.74) is 1.10. The van der Waals surface area contributed by atoms with Crippen LogP contribution in [0.5, 0.6) is 0 Å². The van der Waals surface area contributed by atoms with Gasteiger partial charge in [0.15, 0.2) is 6.61 Å². The van der Waals surface area contributed by atoms with Crippen molar-refractivity contribution in [3.05, 3.63) is 29.6 Å². The third-order valence-corrected chi connectivity index (χ3v) is 3.74. The van der Waals surface area contributed by atoms with Crippen LogP contribution in [0.15, 0.2) is 18.2 Å². The first-order valence-electron chi connectivity index (χ1n) is 8.53. The van der Waals surface area contributed by atoms with Crippen molar-refractivity contribution in [1.82, 2.24) is 14.9 Å². The Hall–Kier alpha value is -3.59. The molecule has 0 spiro atoms. The van der Waals surface area contributed by atoms with Gasteiger partial charge in [0.25, 0.3) is 0 Å². The standard InChI is InChI=1S/C19H21N5O4/c1-19(2,3)28-18(26)23-14(17(25)27-8-7-20)10-16-22-13-9-12(11-21)5-6-15(13)24(16)4/h5-6,9,14H,8,10H2,1-4H3,(H,23,26). The average Bonchev–Trinajstić information content (AvgIpc) is 2.92. The zero-order chi connectivity index (χ0) is 20.9. The highest BCUT2D eigenvalue weighted by atomic mass is 16.6. The van der Waals surface area contributed by atoms with Gasteiger partial charge in [0.2, 0.25) is 0 Å². The molecule has 0 aliphatic carbocycles. The van der Waals surface area contributed by atoms with Gasteiger partial charge >= 0.3 is 12.1 Å². The third kappa shape index (κ3) is 5.21. The van der Waals surface area contributed by atoms with Crippen LogP contribution < -0.4 is 5.32 Å². The zero-order valence-corrected chi connectivity index (χ0v) is 16.1. The van der Waals surface area contributed by atoms with E-state index in [-0.39, 0.29) is 6.42 Å². The number of rotatable bonds is 5. The fourth-order valence-corrected chi connectivity index (χ4v) is 2.53. The number of amides is 1. The molecule has 0 fully saturated rings. The van der Waals surface area contributed by atoms with E-state index in [1.54, 1.807) is 56.7 Å². The summed E-state index contributed by atoms with van der Waals surface area (Å²) in [6.07, 6.45) is -0.756. The molecule has 28 heavy (non-hydrogen) atoms. The molecule has 1 atom stereocenters. The van der Waals surface area contributed by atoms with E-state index in [0.717, 1.165) is 5.52 Å². The van der Waals surface area contributed by atoms with Crippen molar-refractivity contribution in [1.29, 1.82) is 10.5 Å². The maximum Gasteiger partial charge on any atom is 0.408 e. The third-order valence-electron chi connectivity index (χ3n) is 3.74. The zero-order valence-electron chi connectivity index (χ0n) is 16.1. The van der Waals surface area contributed by atoms with E-state index in [1.807, 2.05) is 0 Å². The van der Waals surface area contributed by atoms with Crippen LogP contribution in [0.3, 0.4) is 0 Å². The number of aryl methyl sites for hydroxylation is 1. The molecule has 1 N–H and O–H groups in total. The predicted octanol–water partition coefficient (Wildman–Crippen LogP) is 1.95. The van der Waals surface area contributed by atoms with Crippen molar-refractivity contribution < 1.29 is 19.1 Å². The van der Waals surface area contributed by atoms with Crippen LogP contribution in [-0.4, -0.2) is 39.9 Å². The largest absolute Gasteiger partial charge is 0.449 e. The highest BCUT2D eigenvalue weighted by Crippen LogP contribution is 2.18. The number of hydrogen-bond acceptors (Lipinski definition) is 7. The van der Waals surface area contributed by atoms with Crippen molar-refractivity contribution in [3.8, 4) is 12.1 Å². The summed E-state index contributed by atoms with van der Waals surface area (Å²) in [5, 5.41) is 20.1. The van der Waals surface area contributed by atoms with Gasteiger partial charge in [0.05, 0.1) is 22.7 Å². The van der Waals surface area contributed by atoms with E-state index in [1.165, 1.54) is 0 Å². The molecule has 146 valence electrons. The number of hydrogen-bond donors (Lipinski definition) is 1. The summed E-state index contributed by atoms with van der Waals surface area (Å²) in [4.78, 5) is 28.9. The number of fused-ring (bicyclic) bond motifs is 1. The van der Waals surface area contributed by atoms with Crippen LogP contribution in [0.2, 0.25) is 0 Å². The van der Waals surface area contributed by atoms with Gasteiger partial charge in [-0.2, -0.15) is 10.5 Å². The van der Waals surface area contributed by atoms with E-state index in [4.69, 9.17) is 20.0 Å². The van der Waals surface area contributed by atoms with E-state index < -0.39 is 30.3 Å².